The van der Waals surface area contributed by atoms with Crippen LogP contribution in [0.2, 0.25) is 0 Å². The van der Waals surface area contributed by atoms with Gasteiger partial charge in [-0.05, 0) is 37.8 Å². The van der Waals surface area contributed by atoms with E-state index in [0.29, 0.717) is 12.2 Å². The Bertz CT molecular complexity index is 579. The molecule has 1 unspecified atom stereocenters. The first-order valence-corrected chi connectivity index (χ1v) is 7.60. The van der Waals surface area contributed by atoms with Crippen LogP contribution in [-0.2, 0) is 9.59 Å². The SMILES string of the molecule is Cc1cccnc1N1C(=O)C2(CCCCC2)CC1C(N)=O. The van der Waals surface area contributed by atoms with Gasteiger partial charge in [-0.15, -0.1) is 0 Å². The highest BCUT2D eigenvalue weighted by atomic mass is 16.2. The van der Waals surface area contributed by atoms with E-state index in [0.717, 1.165) is 31.2 Å². The topological polar surface area (TPSA) is 76.3 Å². The van der Waals surface area contributed by atoms with Crippen LogP contribution in [-0.4, -0.2) is 22.8 Å². The van der Waals surface area contributed by atoms with Crippen molar-refractivity contribution in [3.8, 4) is 0 Å². The number of nitrogens with zero attached hydrogens (tertiary/aromatic N) is 2. The lowest BCUT2D eigenvalue weighted by Crippen LogP contribution is -2.44. The van der Waals surface area contributed by atoms with E-state index < -0.39 is 17.4 Å². The van der Waals surface area contributed by atoms with Gasteiger partial charge in [0.25, 0.3) is 0 Å². The van der Waals surface area contributed by atoms with Crippen molar-refractivity contribution in [1.29, 1.82) is 0 Å². The summed E-state index contributed by atoms with van der Waals surface area (Å²) in [5.74, 6) is 0.178. The summed E-state index contributed by atoms with van der Waals surface area (Å²) in [5, 5.41) is 0. The van der Waals surface area contributed by atoms with Gasteiger partial charge in [0.2, 0.25) is 11.8 Å². The highest BCUT2D eigenvalue weighted by Crippen LogP contribution is 2.48. The number of pyridine rings is 1. The summed E-state index contributed by atoms with van der Waals surface area (Å²) < 4.78 is 0. The first-order chi connectivity index (χ1) is 10.1. The van der Waals surface area contributed by atoms with Crippen molar-refractivity contribution < 1.29 is 9.59 Å². The molecule has 3 rings (SSSR count). The fourth-order valence-corrected chi connectivity index (χ4v) is 3.79. The molecule has 5 heteroatoms. The van der Waals surface area contributed by atoms with E-state index in [1.165, 1.54) is 6.42 Å². The van der Waals surface area contributed by atoms with Crippen molar-refractivity contribution >= 4 is 17.6 Å². The summed E-state index contributed by atoms with van der Waals surface area (Å²) in [4.78, 5) is 30.8. The molecule has 0 bridgehead atoms. The molecular formula is C16H21N3O2. The van der Waals surface area contributed by atoms with Crippen LogP contribution in [0.4, 0.5) is 5.82 Å². The normalized spacial score (nSPS) is 24.5. The van der Waals surface area contributed by atoms with E-state index in [4.69, 9.17) is 5.73 Å². The predicted octanol–water partition coefficient (Wildman–Crippen LogP) is 1.93. The van der Waals surface area contributed by atoms with E-state index in [1.807, 2.05) is 19.1 Å². The van der Waals surface area contributed by atoms with Crippen molar-refractivity contribution in [2.24, 2.45) is 11.1 Å². The van der Waals surface area contributed by atoms with Crippen LogP contribution in [0, 0.1) is 12.3 Å². The number of rotatable bonds is 2. The Morgan fingerprint density at radius 3 is 2.71 bits per heavy atom. The molecule has 2 N–H and O–H groups in total. The van der Waals surface area contributed by atoms with Gasteiger partial charge in [0.1, 0.15) is 11.9 Å². The molecule has 2 aliphatic rings. The van der Waals surface area contributed by atoms with Crippen molar-refractivity contribution in [2.45, 2.75) is 51.5 Å². The standard InChI is InChI=1S/C16H21N3O2/c1-11-6-5-9-18-14(11)19-12(13(17)20)10-16(15(19)21)7-3-2-4-8-16/h5-6,9,12H,2-4,7-8,10H2,1H3,(H2,17,20). The molecule has 2 amide bonds. The minimum Gasteiger partial charge on any atom is -0.368 e. The molecule has 112 valence electrons. The molecule has 21 heavy (non-hydrogen) atoms. The lowest BCUT2D eigenvalue weighted by molar-refractivity contribution is -0.127. The molecule has 1 spiro atoms. The van der Waals surface area contributed by atoms with Gasteiger partial charge in [0.05, 0.1) is 5.41 Å². The molecule has 1 aromatic heterocycles. The number of carbonyl (C=O) groups excluding carboxylic acids is 2. The fourth-order valence-electron chi connectivity index (χ4n) is 3.79. The molecule has 2 heterocycles. The third-order valence-electron chi connectivity index (χ3n) is 4.92. The maximum Gasteiger partial charge on any atom is 0.240 e. The average molecular weight is 287 g/mol. The van der Waals surface area contributed by atoms with Crippen molar-refractivity contribution in [3.05, 3.63) is 23.9 Å². The van der Waals surface area contributed by atoms with Gasteiger partial charge in [0.15, 0.2) is 0 Å². The second-order valence-corrected chi connectivity index (χ2v) is 6.28. The number of nitrogens with two attached hydrogens (primary N) is 1. The molecule has 1 atom stereocenters. The Balaban J connectivity index is 2.03. The van der Waals surface area contributed by atoms with E-state index in [2.05, 4.69) is 4.98 Å². The number of amides is 2. The summed E-state index contributed by atoms with van der Waals surface area (Å²) in [6.07, 6.45) is 7.17. The summed E-state index contributed by atoms with van der Waals surface area (Å²) in [7, 11) is 0. The largest absolute Gasteiger partial charge is 0.368 e. The second-order valence-electron chi connectivity index (χ2n) is 6.28. The van der Waals surface area contributed by atoms with Gasteiger partial charge < -0.3 is 5.73 Å². The highest BCUT2D eigenvalue weighted by Gasteiger charge is 2.54. The lowest BCUT2D eigenvalue weighted by atomic mass is 9.72. The monoisotopic (exact) mass is 287 g/mol. The fraction of sp³-hybridized carbons (Fsp3) is 0.562. The third-order valence-corrected chi connectivity index (χ3v) is 4.92. The van der Waals surface area contributed by atoms with Gasteiger partial charge >= 0.3 is 0 Å². The van der Waals surface area contributed by atoms with E-state index in [1.54, 1.807) is 11.1 Å². The van der Waals surface area contributed by atoms with Gasteiger partial charge in [-0.2, -0.15) is 0 Å². The molecule has 1 aliphatic carbocycles. The minimum absolute atomic E-state index is 0.0350. The Kier molecular flexibility index (Phi) is 3.43. The maximum absolute atomic E-state index is 13.0. The molecule has 1 aliphatic heterocycles. The number of anilines is 1. The highest BCUT2D eigenvalue weighted by molar-refractivity contribution is 6.06. The molecule has 0 aromatic carbocycles. The molecule has 0 radical (unpaired) electrons. The van der Waals surface area contributed by atoms with Crippen LogP contribution in [0.1, 0.15) is 44.1 Å². The smallest absolute Gasteiger partial charge is 0.240 e. The second kappa shape index (κ2) is 5.13. The molecule has 1 saturated carbocycles. The predicted molar refractivity (Wildman–Crippen MR) is 79.6 cm³/mol. The first kappa shape index (κ1) is 14.0. The zero-order valence-electron chi connectivity index (χ0n) is 12.3. The number of aromatic nitrogens is 1. The van der Waals surface area contributed by atoms with Gasteiger partial charge in [0, 0.05) is 6.20 Å². The van der Waals surface area contributed by atoms with Crippen LogP contribution in [0.25, 0.3) is 0 Å². The Morgan fingerprint density at radius 1 is 1.38 bits per heavy atom. The molecule has 2 fully saturated rings. The van der Waals surface area contributed by atoms with Crippen molar-refractivity contribution in [1.82, 2.24) is 4.98 Å². The van der Waals surface area contributed by atoms with Crippen molar-refractivity contribution in [3.63, 3.8) is 0 Å². The summed E-state index contributed by atoms with van der Waals surface area (Å²) in [6.45, 7) is 1.90. The third kappa shape index (κ3) is 2.20. The zero-order chi connectivity index (χ0) is 15.0. The van der Waals surface area contributed by atoms with Crippen LogP contribution in [0.15, 0.2) is 18.3 Å². The number of carbonyl (C=O) groups is 2. The Hall–Kier alpha value is -1.91. The average Bonchev–Trinajstić information content (AvgIpc) is 2.74. The molecular weight excluding hydrogens is 266 g/mol. The van der Waals surface area contributed by atoms with E-state index >= 15 is 0 Å². The first-order valence-electron chi connectivity index (χ1n) is 7.60. The van der Waals surface area contributed by atoms with Gasteiger partial charge in [-0.1, -0.05) is 25.3 Å². The summed E-state index contributed by atoms with van der Waals surface area (Å²) in [5.41, 5.74) is 6.06. The summed E-state index contributed by atoms with van der Waals surface area (Å²) >= 11 is 0. The summed E-state index contributed by atoms with van der Waals surface area (Å²) in [6, 6.07) is 3.17. The maximum atomic E-state index is 13.0. The molecule has 1 saturated heterocycles. The molecule has 5 nitrogen and oxygen atoms in total. The van der Waals surface area contributed by atoms with Gasteiger partial charge in [-0.25, -0.2) is 4.98 Å². The minimum atomic E-state index is -0.566. The van der Waals surface area contributed by atoms with E-state index in [-0.39, 0.29) is 5.91 Å². The Labute approximate surface area is 124 Å². The van der Waals surface area contributed by atoms with Crippen LogP contribution >= 0.6 is 0 Å². The zero-order valence-corrected chi connectivity index (χ0v) is 12.3. The quantitative estimate of drug-likeness (QED) is 0.903. The Morgan fingerprint density at radius 2 is 2.10 bits per heavy atom. The van der Waals surface area contributed by atoms with Crippen LogP contribution < -0.4 is 10.6 Å². The van der Waals surface area contributed by atoms with E-state index in [9.17, 15) is 9.59 Å². The number of hydrogen-bond acceptors (Lipinski definition) is 3. The van der Waals surface area contributed by atoms with Crippen molar-refractivity contribution in [2.75, 3.05) is 4.90 Å². The molecule has 1 aromatic rings. The van der Waals surface area contributed by atoms with Crippen LogP contribution in [0.3, 0.4) is 0 Å². The number of hydrogen-bond donors (Lipinski definition) is 1. The number of aryl methyl sites for hydroxylation is 1. The van der Waals surface area contributed by atoms with Crippen LogP contribution in [0.5, 0.6) is 0 Å². The van der Waals surface area contributed by atoms with Gasteiger partial charge in [-0.3, -0.25) is 14.5 Å². The lowest BCUT2D eigenvalue weighted by Gasteiger charge is -2.31. The number of primary amides is 1.